The van der Waals surface area contributed by atoms with E-state index in [9.17, 15) is 0 Å². The molecule has 0 unspecified atom stereocenters. The van der Waals surface area contributed by atoms with E-state index in [2.05, 4.69) is 27.6 Å². The molecule has 1 aromatic rings. The van der Waals surface area contributed by atoms with Crippen molar-refractivity contribution in [3.63, 3.8) is 0 Å². The van der Waals surface area contributed by atoms with Crippen LogP contribution in [0.25, 0.3) is 0 Å². The first-order valence-electron chi connectivity index (χ1n) is 2.40. The third kappa shape index (κ3) is 1.92. The van der Waals surface area contributed by atoms with Crippen LogP contribution in [-0.2, 0) is 0 Å². The third-order valence-electron chi connectivity index (χ3n) is 0.935. The van der Waals surface area contributed by atoms with Crippen molar-refractivity contribution in [3.8, 4) is 0 Å². The minimum Gasteiger partial charge on any atom is -0.106 e. The topological polar surface area (TPSA) is 0 Å². The Bertz CT molecular complexity index is 200. The lowest BCUT2D eigenvalue weighted by atomic mass is 10.4. The van der Waals surface area contributed by atoms with Gasteiger partial charge in [0.15, 0.2) is 0 Å². The zero-order valence-electron chi connectivity index (χ0n) is 4.54. The summed E-state index contributed by atoms with van der Waals surface area (Å²) >= 11 is 7.45. The van der Waals surface area contributed by atoms with E-state index in [1.807, 2.05) is 24.3 Å². The fourth-order valence-electron chi connectivity index (χ4n) is 0.519. The zero-order valence-corrected chi connectivity index (χ0v) is 7.84. The molecule has 0 aliphatic heterocycles. The molecule has 0 aliphatic carbocycles. The quantitative estimate of drug-likeness (QED) is 0.560. The standard InChI is InChI=1S/C6H5BrS2/c7-5-3-1-2-4-6(5)9-8/h1-4,8H. The molecule has 3 heteroatoms. The van der Waals surface area contributed by atoms with Crippen molar-refractivity contribution < 1.29 is 0 Å². The summed E-state index contributed by atoms with van der Waals surface area (Å²) < 4.78 is 1.10. The summed E-state index contributed by atoms with van der Waals surface area (Å²) in [7, 11) is 1.44. The smallest absolute Gasteiger partial charge is 0.0322 e. The molecule has 0 radical (unpaired) electrons. The molecule has 0 fully saturated rings. The van der Waals surface area contributed by atoms with Gasteiger partial charge in [0.2, 0.25) is 0 Å². The van der Waals surface area contributed by atoms with Crippen LogP contribution in [0.5, 0.6) is 0 Å². The molecule has 48 valence electrons. The molecular weight excluding hydrogens is 216 g/mol. The Labute approximate surface area is 72.0 Å². The van der Waals surface area contributed by atoms with Crippen LogP contribution >= 0.6 is 38.4 Å². The fraction of sp³-hybridized carbons (Fsp3) is 0. The Balaban J connectivity index is 3.01. The van der Waals surface area contributed by atoms with E-state index < -0.39 is 0 Å². The number of thiol groups is 1. The molecule has 0 nitrogen and oxygen atoms in total. The summed E-state index contributed by atoms with van der Waals surface area (Å²) in [5, 5.41) is 0. The third-order valence-corrected chi connectivity index (χ3v) is 3.03. The van der Waals surface area contributed by atoms with Crippen LogP contribution in [0.2, 0.25) is 0 Å². The van der Waals surface area contributed by atoms with Gasteiger partial charge in [-0.3, -0.25) is 0 Å². The molecule has 0 N–H and O–H groups in total. The van der Waals surface area contributed by atoms with Crippen LogP contribution in [0.4, 0.5) is 0 Å². The van der Waals surface area contributed by atoms with Gasteiger partial charge in [-0.15, -0.1) is 11.7 Å². The lowest BCUT2D eigenvalue weighted by molar-refractivity contribution is 1.42. The van der Waals surface area contributed by atoms with Crippen molar-refractivity contribution in [1.82, 2.24) is 0 Å². The van der Waals surface area contributed by atoms with E-state index in [-0.39, 0.29) is 0 Å². The Morgan fingerprint density at radius 3 is 2.44 bits per heavy atom. The minimum absolute atomic E-state index is 1.10. The minimum atomic E-state index is 1.10. The molecule has 0 spiro atoms. The van der Waals surface area contributed by atoms with E-state index in [0.29, 0.717) is 0 Å². The van der Waals surface area contributed by atoms with Crippen LogP contribution in [0, 0.1) is 0 Å². The second kappa shape index (κ2) is 3.54. The van der Waals surface area contributed by atoms with E-state index >= 15 is 0 Å². The average molecular weight is 221 g/mol. The van der Waals surface area contributed by atoms with Gasteiger partial charge in [0.05, 0.1) is 0 Å². The molecule has 0 aromatic heterocycles. The largest absolute Gasteiger partial charge is 0.106 e. The Morgan fingerprint density at radius 1 is 1.33 bits per heavy atom. The first-order valence-corrected chi connectivity index (χ1v) is 5.06. The molecule has 0 bridgehead atoms. The highest BCUT2D eigenvalue weighted by Crippen LogP contribution is 2.28. The zero-order chi connectivity index (χ0) is 6.69. The van der Waals surface area contributed by atoms with Gasteiger partial charge in [0, 0.05) is 9.37 Å². The SMILES string of the molecule is SSc1ccccc1Br. The molecule has 9 heavy (non-hydrogen) atoms. The maximum absolute atomic E-state index is 4.07. The molecule has 0 atom stereocenters. The molecule has 1 rings (SSSR count). The molecule has 0 aliphatic rings. The Kier molecular flexibility index (Phi) is 2.95. The summed E-state index contributed by atoms with van der Waals surface area (Å²) in [4.78, 5) is 1.15. The van der Waals surface area contributed by atoms with Crippen molar-refractivity contribution in [2.75, 3.05) is 0 Å². The van der Waals surface area contributed by atoms with Gasteiger partial charge in [-0.25, -0.2) is 0 Å². The highest BCUT2D eigenvalue weighted by atomic mass is 79.9. The van der Waals surface area contributed by atoms with Gasteiger partial charge in [0.25, 0.3) is 0 Å². The van der Waals surface area contributed by atoms with E-state index in [4.69, 9.17) is 0 Å². The predicted molar refractivity (Wildman–Crippen MR) is 49.0 cm³/mol. The monoisotopic (exact) mass is 220 g/mol. The second-order valence-electron chi connectivity index (χ2n) is 1.52. The van der Waals surface area contributed by atoms with E-state index in [0.717, 1.165) is 9.37 Å². The van der Waals surface area contributed by atoms with E-state index in [1.165, 1.54) is 10.8 Å². The molecule has 0 saturated carbocycles. The number of halogens is 1. The van der Waals surface area contributed by atoms with Gasteiger partial charge in [-0.1, -0.05) is 22.9 Å². The van der Waals surface area contributed by atoms with E-state index in [1.54, 1.807) is 0 Å². The van der Waals surface area contributed by atoms with Crippen LogP contribution in [0.1, 0.15) is 0 Å². The van der Waals surface area contributed by atoms with Crippen molar-refractivity contribution in [3.05, 3.63) is 28.7 Å². The van der Waals surface area contributed by atoms with Gasteiger partial charge < -0.3 is 0 Å². The van der Waals surface area contributed by atoms with Crippen molar-refractivity contribution in [2.45, 2.75) is 4.90 Å². The first-order chi connectivity index (χ1) is 4.34. The summed E-state index contributed by atoms with van der Waals surface area (Å²) in [6.45, 7) is 0. The summed E-state index contributed by atoms with van der Waals surface area (Å²) in [5.41, 5.74) is 0. The Morgan fingerprint density at radius 2 is 2.00 bits per heavy atom. The predicted octanol–water partition coefficient (Wildman–Crippen LogP) is 3.39. The van der Waals surface area contributed by atoms with Gasteiger partial charge in [0.1, 0.15) is 0 Å². The number of benzene rings is 1. The normalized spacial score (nSPS) is 9.56. The number of hydrogen-bond donors (Lipinski definition) is 1. The lowest BCUT2D eigenvalue weighted by Crippen LogP contribution is -1.66. The van der Waals surface area contributed by atoms with Gasteiger partial charge in [-0.05, 0) is 28.1 Å². The molecule has 1 aromatic carbocycles. The lowest BCUT2D eigenvalue weighted by Gasteiger charge is -1.95. The maximum atomic E-state index is 4.07. The molecule has 0 amide bonds. The second-order valence-corrected chi connectivity index (χ2v) is 3.55. The van der Waals surface area contributed by atoms with Crippen molar-refractivity contribution in [1.29, 1.82) is 0 Å². The number of rotatable bonds is 1. The molecular formula is C6H5BrS2. The highest BCUT2D eigenvalue weighted by Gasteiger charge is 1.93. The summed E-state index contributed by atoms with van der Waals surface area (Å²) in [6.07, 6.45) is 0. The average Bonchev–Trinajstić information content (AvgIpc) is 1.89. The highest BCUT2D eigenvalue weighted by molar-refractivity contribution is 9.10. The van der Waals surface area contributed by atoms with Crippen LogP contribution < -0.4 is 0 Å². The van der Waals surface area contributed by atoms with Gasteiger partial charge >= 0.3 is 0 Å². The first kappa shape index (κ1) is 7.51. The van der Waals surface area contributed by atoms with Crippen molar-refractivity contribution in [2.24, 2.45) is 0 Å². The molecule has 0 saturated heterocycles. The maximum Gasteiger partial charge on any atom is 0.0322 e. The Hall–Kier alpha value is 0.400. The summed E-state index contributed by atoms with van der Waals surface area (Å²) in [5.74, 6) is 0. The molecule has 0 heterocycles. The van der Waals surface area contributed by atoms with Crippen LogP contribution in [0.3, 0.4) is 0 Å². The summed E-state index contributed by atoms with van der Waals surface area (Å²) in [6, 6.07) is 7.99. The van der Waals surface area contributed by atoms with Gasteiger partial charge in [-0.2, -0.15) is 0 Å². The van der Waals surface area contributed by atoms with Crippen molar-refractivity contribution >= 4 is 38.4 Å². The van der Waals surface area contributed by atoms with Crippen LogP contribution in [0.15, 0.2) is 33.6 Å². The fourth-order valence-corrected chi connectivity index (χ4v) is 2.19. The number of hydrogen-bond acceptors (Lipinski definition) is 2. The van der Waals surface area contributed by atoms with Crippen LogP contribution in [-0.4, -0.2) is 0 Å².